The van der Waals surface area contributed by atoms with Gasteiger partial charge in [0.25, 0.3) is 5.91 Å². The van der Waals surface area contributed by atoms with E-state index in [0.717, 1.165) is 6.42 Å². The maximum Gasteiger partial charge on any atom is 0.265 e. The molecule has 1 aliphatic heterocycles. The average molecular weight is 400 g/mol. The van der Waals surface area contributed by atoms with Crippen molar-refractivity contribution in [1.29, 1.82) is 0 Å². The number of fused-ring (bicyclic) bond motifs is 1. The van der Waals surface area contributed by atoms with Gasteiger partial charge in [0.15, 0.2) is 6.61 Å². The number of ether oxygens (including phenoxy) is 1. The van der Waals surface area contributed by atoms with Crippen LogP contribution in [-0.4, -0.2) is 31.5 Å². The second-order valence-corrected chi connectivity index (χ2v) is 7.25. The first-order valence-electron chi connectivity index (χ1n) is 10.1. The Hall–Kier alpha value is -3.60. The van der Waals surface area contributed by atoms with Crippen molar-refractivity contribution in [1.82, 2.24) is 5.32 Å². The van der Waals surface area contributed by atoms with Crippen LogP contribution in [0.25, 0.3) is 0 Å². The molecule has 3 aromatic carbocycles. The first-order valence-corrected chi connectivity index (χ1v) is 10.1. The highest BCUT2D eigenvalue weighted by Gasteiger charge is 2.27. The molecule has 3 aromatic rings. The summed E-state index contributed by atoms with van der Waals surface area (Å²) in [5.74, 6) is 0.423. The van der Waals surface area contributed by atoms with E-state index in [0.29, 0.717) is 18.0 Å². The number of hydrogen-bond donors (Lipinski definition) is 1. The van der Waals surface area contributed by atoms with Gasteiger partial charge in [-0.15, -0.1) is 0 Å². The van der Waals surface area contributed by atoms with Crippen LogP contribution in [0.4, 0.5) is 5.69 Å². The number of benzene rings is 3. The van der Waals surface area contributed by atoms with Crippen LogP contribution in [0.15, 0.2) is 84.9 Å². The summed E-state index contributed by atoms with van der Waals surface area (Å²) in [4.78, 5) is 26.3. The number of anilines is 1. The first kappa shape index (κ1) is 19.7. The molecule has 0 unspecified atom stereocenters. The minimum absolute atomic E-state index is 0.0133. The lowest BCUT2D eigenvalue weighted by molar-refractivity contribution is -0.125. The zero-order valence-corrected chi connectivity index (χ0v) is 16.7. The number of carbonyl (C=O) groups excluding carboxylic acids is 2. The lowest BCUT2D eigenvalue weighted by atomic mass is 9.88. The van der Waals surface area contributed by atoms with Crippen LogP contribution >= 0.6 is 0 Å². The summed E-state index contributed by atoms with van der Waals surface area (Å²) in [7, 11) is 0. The minimum Gasteiger partial charge on any atom is -0.482 e. The maximum atomic E-state index is 12.6. The van der Waals surface area contributed by atoms with Gasteiger partial charge in [0.2, 0.25) is 5.91 Å². The topological polar surface area (TPSA) is 58.6 Å². The van der Waals surface area contributed by atoms with Gasteiger partial charge in [-0.3, -0.25) is 14.5 Å². The fraction of sp³-hybridized carbons (Fsp3) is 0.200. The van der Waals surface area contributed by atoms with E-state index in [2.05, 4.69) is 29.6 Å². The highest BCUT2D eigenvalue weighted by Crippen LogP contribution is 2.31. The van der Waals surface area contributed by atoms with Gasteiger partial charge in [-0.05, 0) is 29.7 Å². The second kappa shape index (κ2) is 9.27. The Kier molecular flexibility index (Phi) is 6.09. The molecule has 0 aliphatic carbocycles. The van der Waals surface area contributed by atoms with Crippen molar-refractivity contribution >= 4 is 17.5 Å². The summed E-state index contributed by atoms with van der Waals surface area (Å²) >= 11 is 0. The number of carbonyl (C=O) groups is 2. The molecule has 5 nitrogen and oxygen atoms in total. The molecular formula is C25H24N2O3. The van der Waals surface area contributed by atoms with E-state index in [1.54, 1.807) is 12.1 Å². The van der Waals surface area contributed by atoms with Crippen LogP contribution in [0, 0.1) is 0 Å². The number of hydrogen-bond acceptors (Lipinski definition) is 3. The number of para-hydroxylation sites is 2. The van der Waals surface area contributed by atoms with E-state index in [-0.39, 0.29) is 30.9 Å². The Bertz CT molecular complexity index is 966. The molecule has 0 aromatic heterocycles. The molecule has 1 N–H and O–H groups in total. The molecule has 0 fully saturated rings. The summed E-state index contributed by atoms with van der Waals surface area (Å²) < 4.78 is 5.44. The van der Waals surface area contributed by atoms with E-state index >= 15 is 0 Å². The third-order valence-electron chi connectivity index (χ3n) is 5.27. The molecule has 0 spiro atoms. The Labute approximate surface area is 176 Å². The van der Waals surface area contributed by atoms with Crippen LogP contribution < -0.4 is 15.0 Å². The molecule has 1 heterocycles. The Morgan fingerprint density at radius 1 is 0.900 bits per heavy atom. The molecule has 4 rings (SSSR count). The van der Waals surface area contributed by atoms with Gasteiger partial charge in [0, 0.05) is 12.5 Å². The molecule has 2 amide bonds. The van der Waals surface area contributed by atoms with Crippen molar-refractivity contribution in [2.75, 3.05) is 24.6 Å². The van der Waals surface area contributed by atoms with Crippen molar-refractivity contribution in [2.45, 2.75) is 12.3 Å². The normalized spacial score (nSPS) is 13.0. The first-order chi connectivity index (χ1) is 14.7. The van der Waals surface area contributed by atoms with Crippen LogP contribution in [0.3, 0.4) is 0 Å². The quantitative estimate of drug-likeness (QED) is 0.657. The molecule has 0 saturated heterocycles. The van der Waals surface area contributed by atoms with E-state index in [1.165, 1.54) is 16.0 Å². The van der Waals surface area contributed by atoms with Crippen LogP contribution in [-0.2, 0) is 9.59 Å². The molecule has 0 radical (unpaired) electrons. The van der Waals surface area contributed by atoms with E-state index in [1.807, 2.05) is 48.5 Å². The molecule has 0 atom stereocenters. The zero-order chi connectivity index (χ0) is 20.8. The molecule has 1 aliphatic rings. The molecule has 30 heavy (non-hydrogen) atoms. The monoisotopic (exact) mass is 400 g/mol. The fourth-order valence-electron chi connectivity index (χ4n) is 3.78. The van der Waals surface area contributed by atoms with Crippen LogP contribution in [0.2, 0.25) is 0 Å². The maximum absolute atomic E-state index is 12.6. The largest absolute Gasteiger partial charge is 0.482 e. The smallest absolute Gasteiger partial charge is 0.265 e. The average Bonchev–Trinajstić information content (AvgIpc) is 2.80. The third-order valence-corrected chi connectivity index (χ3v) is 5.27. The SMILES string of the molecule is O=C(CN1C(=O)COc2ccccc21)NCCC(c1ccccc1)c1ccccc1. The van der Waals surface area contributed by atoms with Gasteiger partial charge in [-0.25, -0.2) is 0 Å². The van der Waals surface area contributed by atoms with Gasteiger partial charge in [0.1, 0.15) is 12.3 Å². The van der Waals surface area contributed by atoms with Crippen LogP contribution in [0.1, 0.15) is 23.5 Å². The van der Waals surface area contributed by atoms with E-state index < -0.39 is 0 Å². The number of nitrogens with one attached hydrogen (secondary N) is 1. The fourth-order valence-corrected chi connectivity index (χ4v) is 3.78. The summed E-state index contributed by atoms with van der Waals surface area (Å²) in [6.07, 6.45) is 0.771. The zero-order valence-electron chi connectivity index (χ0n) is 16.7. The standard InChI is InChI=1S/C25H24N2O3/c28-24(17-27-22-13-7-8-14-23(22)30-18-25(27)29)26-16-15-21(19-9-3-1-4-10-19)20-11-5-2-6-12-20/h1-14,21H,15-18H2,(H,26,28). The van der Waals surface area contributed by atoms with Crippen molar-refractivity contribution in [3.63, 3.8) is 0 Å². The van der Waals surface area contributed by atoms with Crippen LogP contribution in [0.5, 0.6) is 5.75 Å². The molecular weight excluding hydrogens is 376 g/mol. The van der Waals surface area contributed by atoms with Gasteiger partial charge < -0.3 is 10.1 Å². The summed E-state index contributed by atoms with van der Waals surface area (Å²) in [5, 5.41) is 2.98. The lowest BCUT2D eigenvalue weighted by Gasteiger charge is -2.28. The Balaban J connectivity index is 1.39. The summed E-state index contributed by atoms with van der Waals surface area (Å²) in [6, 6.07) is 27.9. The van der Waals surface area contributed by atoms with Gasteiger partial charge in [-0.2, -0.15) is 0 Å². The molecule has 152 valence electrons. The lowest BCUT2D eigenvalue weighted by Crippen LogP contribution is -2.45. The van der Waals surface area contributed by atoms with Crippen molar-refractivity contribution in [3.8, 4) is 5.75 Å². The highest BCUT2D eigenvalue weighted by molar-refractivity contribution is 6.02. The molecule has 5 heteroatoms. The van der Waals surface area contributed by atoms with E-state index in [9.17, 15) is 9.59 Å². The second-order valence-electron chi connectivity index (χ2n) is 7.25. The van der Waals surface area contributed by atoms with E-state index in [4.69, 9.17) is 4.74 Å². The van der Waals surface area contributed by atoms with Crippen molar-refractivity contribution < 1.29 is 14.3 Å². The Morgan fingerprint density at radius 2 is 1.50 bits per heavy atom. The number of amides is 2. The minimum atomic E-state index is -0.213. The number of nitrogens with zero attached hydrogens (tertiary/aromatic N) is 1. The Morgan fingerprint density at radius 3 is 2.17 bits per heavy atom. The third kappa shape index (κ3) is 4.51. The summed E-state index contributed by atoms with van der Waals surface area (Å²) in [6.45, 7) is 0.461. The highest BCUT2D eigenvalue weighted by atomic mass is 16.5. The van der Waals surface area contributed by atoms with Gasteiger partial charge >= 0.3 is 0 Å². The molecule has 0 saturated carbocycles. The number of rotatable bonds is 7. The molecule has 0 bridgehead atoms. The van der Waals surface area contributed by atoms with Gasteiger partial charge in [0.05, 0.1) is 5.69 Å². The summed E-state index contributed by atoms with van der Waals surface area (Å²) in [5.41, 5.74) is 3.07. The predicted molar refractivity (Wildman–Crippen MR) is 117 cm³/mol. The van der Waals surface area contributed by atoms with Crippen molar-refractivity contribution in [2.24, 2.45) is 0 Å². The van der Waals surface area contributed by atoms with Gasteiger partial charge in [-0.1, -0.05) is 72.8 Å². The van der Waals surface area contributed by atoms with Crippen molar-refractivity contribution in [3.05, 3.63) is 96.1 Å². The predicted octanol–water partition coefficient (Wildman–Crippen LogP) is 3.75.